The maximum Gasteiger partial charge on any atom is 0.293 e. The molecule has 1 aromatic rings. The molecule has 1 atom stereocenters. The van der Waals surface area contributed by atoms with Crippen molar-refractivity contribution in [1.82, 2.24) is 20.1 Å². The Labute approximate surface area is 100 Å². The highest BCUT2D eigenvalue weighted by Crippen LogP contribution is 2.18. The Morgan fingerprint density at radius 1 is 1.53 bits per heavy atom. The van der Waals surface area contributed by atoms with Crippen molar-refractivity contribution in [3.05, 3.63) is 11.6 Å². The number of carbonyl (C=O) groups excluding carboxylic acids is 1. The van der Waals surface area contributed by atoms with Gasteiger partial charge in [0.15, 0.2) is 0 Å². The number of amides is 1. The van der Waals surface area contributed by atoms with E-state index in [1.165, 1.54) is 0 Å². The third-order valence-electron chi connectivity index (χ3n) is 2.84. The van der Waals surface area contributed by atoms with E-state index < -0.39 is 6.10 Å². The van der Waals surface area contributed by atoms with Gasteiger partial charge in [-0.3, -0.25) is 9.89 Å². The molecule has 6 nitrogen and oxygen atoms in total. The van der Waals surface area contributed by atoms with Crippen molar-refractivity contribution < 1.29 is 9.90 Å². The molecule has 2 heterocycles. The van der Waals surface area contributed by atoms with Crippen LogP contribution in [0.5, 0.6) is 0 Å². The molecule has 1 aliphatic heterocycles. The summed E-state index contributed by atoms with van der Waals surface area (Å²) < 4.78 is 0. The number of rotatable bonds is 1. The zero-order valence-corrected chi connectivity index (χ0v) is 10.4. The normalized spacial score (nSPS) is 20.9. The molecule has 1 aliphatic rings. The minimum atomic E-state index is -0.417. The first-order valence-corrected chi connectivity index (χ1v) is 5.78. The Balaban J connectivity index is 2.13. The highest BCUT2D eigenvalue weighted by Gasteiger charge is 2.29. The lowest BCUT2D eigenvalue weighted by Crippen LogP contribution is -2.30. The number of hydrogen-bond acceptors (Lipinski definition) is 4. The molecule has 0 bridgehead atoms. The Kier molecular flexibility index (Phi) is 2.91. The smallest absolute Gasteiger partial charge is 0.293 e. The van der Waals surface area contributed by atoms with Crippen LogP contribution in [0, 0.1) is 0 Å². The number of nitrogens with one attached hydrogen (secondary N) is 1. The summed E-state index contributed by atoms with van der Waals surface area (Å²) in [4.78, 5) is 17.8. The minimum absolute atomic E-state index is 0.157. The van der Waals surface area contributed by atoms with Crippen molar-refractivity contribution in [2.45, 2.75) is 38.7 Å². The molecule has 6 heteroatoms. The largest absolute Gasteiger partial charge is 0.391 e. The predicted octanol–water partition coefficient (Wildman–Crippen LogP) is 0.309. The van der Waals surface area contributed by atoms with E-state index in [9.17, 15) is 9.90 Å². The van der Waals surface area contributed by atoms with Gasteiger partial charge in [0.2, 0.25) is 5.82 Å². The van der Waals surface area contributed by atoms with E-state index in [2.05, 4.69) is 15.2 Å². The number of carbonyl (C=O) groups is 1. The third-order valence-corrected chi connectivity index (χ3v) is 2.84. The lowest BCUT2D eigenvalue weighted by molar-refractivity contribution is 0.0753. The topological polar surface area (TPSA) is 82.1 Å². The van der Waals surface area contributed by atoms with E-state index in [4.69, 9.17) is 0 Å². The van der Waals surface area contributed by atoms with Gasteiger partial charge in [-0.05, 0) is 6.42 Å². The lowest BCUT2D eigenvalue weighted by atomic mass is 9.96. The molecule has 0 unspecified atom stereocenters. The van der Waals surface area contributed by atoms with Crippen LogP contribution in [-0.2, 0) is 5.41 Å². The summed E-state index contributed by atoms with van der Waals surface area (Å²) >= 11 is 0. The second-order valence-corrected chi connectivity index (χ2v) is 5.45. The van der Waals surface area contributed by atoms with Crippen molar-refractivity contribution in [3.63, 3.8) is 0 Å². The third kappa shape index (κ3) is 2.46. The lowest BCUT2D eigenvalue weighted by Gasteiger charge is -2.14. The van der Waals surface area contributed by atoms with Crippen LogP contribution >= 0.6 is 0 Å². The first-order chi connectivity index (χ1) is 7.88. The average Bonchev–Trinajstić information content (AvgIpc) is 2.83. The molecule has 2 rings (SSSR count). The van der Waals surface area contributed by atoms with Crippen molar-refractivity contribution >= 4 is 5.91 Å². The van der Waals surface area contributed by atoms with Gasteiger partial charge in [0, 0.05) is 18.5 Å². The van der Waals surface area contributed by atoms with E-state index in [1.54, 1.807) is 4.90 Å². The summed E-state index contributed by atoms with van der Waals surface area (Å²) in [5.74, 6) is 0.665. The first kappa shape index (κ1) is 12.0. The minimum Gasteiger partial charge on any atom is -0.391 e. The number of H-pyrrole nitrogens is 1. The molecule has 1 saturated heterocycles. The molecule has 1 amide bonds. The van der Waals surface area contributed by atoms with Crippen LogP contribution in [0.15, 0.2) is 0 Å². The number of aromatic amines is 1. The average molecular weight is 238 g/mol. The van der Waals surface area contributed by atoms with Gasteiger partial charge < -0.3 is 10.0 Å². The summed E-state index contributed by atoms with van der Waals surface area (Å²) in [5.41, 5.74) is -0.157. The van der Waals surface area contributed by atoms with Crippen LogP contribution in [0.4, 0.5) is 0 Å². The van der Waals surface area contributed by atoms with E-state index >= 15 is 0 Å². The van der Waals surface area contributed by atoms with Crippen molar-refractivity contribution in [1.29, 1.82) is 0 Å². The van der Waals surface area contributed by atoms with E-state index in [0.717, 1.165) is 0 Å². The second-order valence-electron chi connectivity index (χ2n) is 5.45. The van der Waals surface area contributed by atoms with Crippen LogP contribution in [0.25, 0.3) is 0 Å². The molecular weight excluding hydrogens is 220 g/mol. The fourth-order valence-corrected chi connectivity index (χ4v) is 1.76. The summed E-state index contributed by atoms with van der Waals surface area (Å²) in [6.45, 7) is 6.95. The van der Waals surface area contributed by atoms with Crippen molar-refractivity contribution in [2.24, 2.45) is 0 Å². The summed E-state index contributed by atoms with van der Waals surface area (Å²) in [5, 5.41) is 16.1. The first-order valence-electron chi connectivity index (χ1n) is 5.78. The monoisotopic (exact) mass is 238 g/mol. The number of β-amino-alcohol motifs (C(OH)–C–C–N with tert-alkyl or cyclic N) is 1. The Morgan fingerprint density at radius 3 is 2.71 bits per heavy atom. The van der Waals surface area contributed by atoms with Gasteiger partial charge in [-0.15, -0.1) is 5.10 Å². The highest BCUT2D eigenvalue weighted by molar-refractivity contribution is 5.90. The second kappa shape index (κ2) is 4.10. The molecular formula is C11H18N4O2. The van der Waals surface area contributed by atoms with Crippen LogP contribution in [0.1, 0.15) is 43.6 Å². The molecule has 94 valence electrons. The molecule has 0 aliphatic carbocycles. The fourth-order valence-electron chi connectivity index (χ4n) is 1.76. The van der Waals surface area contributed by atoms with Crippen LogP contribution in [0.2, 0.25) is 0 Å². The van der Waals surface area contributed by atoms with E-state index in [-0.39, 0.29) is 17.1 Å². The van der Waals surface area contributed by atoms with Gasteiger partial charge in [0.1, 0.15) is 5.82 Å². The van der Waals surface area contributed by atoms with E-state index in [0.29, 0.717) is 25.3 Å². The molecule has 1 aromatic heterocycles. The number of hydrogen-bond donors (Lipinski definition) is 2. The number of likely N-dealkylation sites (tertiary alicyclic amines) is 1. The van der Waals surface area contributed by atoms with Gasteiger partial charge in [-0.2, -0.15) is 0 Å². The van der Waals surface area contributed by atoms with Crippen LogP contribution in [0.3, 0.4) is 0 Å². The molecule has 0 radical (unpaired) electrons. The quantitative estimate of drug-likeness (QED) is 0.737. The molecule has 1 fully saturated rings. The van der Waals surface area contributed by atoms with Gasteiger partial charge in [-0.1, -0.05) is 20.8 Å². The number of aromatic nitrogens is 3. The Morgan fingerprint density at radius 2 is 2.24 bits per heavy atom. The molecule has 0 spiro atoms. The van der Waals surface area contributed by atoms with Gasteiger partial charge in [-0.25, -0.2) is 4.98 Å². The zero-order valence-electron chi connectivity index (χ0n) is 10.4. The van der Waals surface area contributed by atoms with Gasteiger partial charge in [0.05, 0.1) is 6.10 Å². The summed E-state index contributed by atoms with van der Waals surface area (Å²) in [7, 11) is 0. The van der Waals surface area contributed by atoms with Crippen molar-refractivity contribution in [2.75, 3.05) is 13.1 Å². The summed E-state index contributed by atoms with van der Waals surface area (Å²) in [6.07, 6.45) is 0.211. The molecule has 0 aromatic carbocycles. The van der Waals surface area contributed by atoms with Crippen molar-refractivity contribution in [3.8, 4) is 0 Å². The standard InChI is InChI=1S/C11H18N4O2/c1-11(2,3)10-12-8(13-14-10)9(17)15-5-4-7(16)6-15/h7,16H,4-6H2,1-3H3,(H,12,13,14)/t7-/m1/s1. The summed E-state index contributed by atoms with van der Waals surface area (Å²) in [6, 6.07) is 0. The van der Waals surface area contributed by atoms with E-state index in [1.807, 2.05) is 20.8 Å². The fraction of sp³-hybridized carbons (Fsp3) is 0.727. The number of aliphatic hydroxyl groups excluding tert-OH is 1. The Hall–Kier alpha value is -1.43. The predicted molar refractivity (Wildman–Crippen MR) is 61.6 cm³/mol. The van der Waals surface area contributed by atoms with Crippen LogP contribution in [-0.4, -0.2) is 50.3 Å². The number of nitrogens with zero attached hydrogens (tertiary/aromatic N) is 3. The maximum absolute atomic E-state index is 12.0. The Bertz CT molecular complexity index is 421. The number of aliphatic hydroxyl groups is 1. The zero-order chi connectivity index (χ0) is 12.6. The molecule has 2 N–H and O–H groups in total. The van der Waals surface area contributed by atoms with Gasteiger partial charge in [0.25, 0.3) is 5.91 Å². The maximum atomic E-state index is 12.0. The van der Waals surface area contributed by atoms with Gasteiger partial charge >= 0.3 is 0 Å². The molecule has 17 heavy (non-hydrogen) atoms. The van der Waals surface area contributed by atoms with Crippen LogP contribution < -0.4 is 0 Å². The molecule has 0 saturated carbocycles. The SMILES string of the molecule is CC(C)(C)c1nc(C(=O)N2CC[C@@H](O)C2)n[nH]1. The highest BCUT2D eigenvalue weighted by atomic mass is 16.3.